The van der Waals surface area contributed by atoms with Crippen LogP contribution in [0.1, 0.15) is 9.88 Å². The van der Waals surface area contributed by atoms with Gasteiger partial charge in [0.1, 0.15) is 22.5 Å². The number of rotatable bonds is 8. The van der Waals surface area contributed by atoms with E-state index in [0.717, 1.165) is 14.2 Å². The molecule has 0 bridgehead atoms. The van der Waals surface area contributed by atoms with E-state index < -0.39 is 28.2 Å². The second kappa shape index (κ2) is 8.65. The van der Waals surface area contributed by atoms with E-state index in [-0.39, 0.29) is 24.1 Å². The van der Waals surface area contributed by atoms with Crippen molar-refractivity contribution in [3.05, 3.63) is 27.4 Å². The Morgan fingerprint density at radius 3 is 2.83 bits per heavy atom. The minimum absolute atomic E-state index is 0.0512. The highest BCUT2D eigenvalue weighted by molar-refractivity contribution is 8.05. The van der Waals surface area contributed by atoms with Crippen LogP contribution in [-0.4, -0.2) is 71.8 Å². The summed E-state index contributed by atoms with van der Waals surface area (Å²) in [6, 6.07) is 1.90. The zero-order valence-corrected chi connectivity index (χ0v) is 19.6. The van der Waals surface area contributed by atoms with Gasteiger partial charge in [0.05, 0.1) is 11.2 Å². The molecule has 4 rings (SSSR count). The number of aromatic nitrogens is 2. The average Bonchev–Trinajstić information content (AvgIpc) is 3.43. The van der Waals surface area contributed by atoms with E-state index in [2.05, 4.69) is 15.5 Å². The van der Waals surface area contributed by atoms with Crippen LogP contribution in [0.4, 0.5) is 0 Å². The first-order valence-corrected chi connectivity index (χ1v) is 13.0. The molecule has 0 spiro atoms. The zero-order chi connectivity index (χ0) is 21.5. The van der Waals surface area contributed by atoms with E-state index >= 15 is 0 Å². The van der Waals surface area contributed by atoms with E-state index in [9.17, 15) is 19.5 Å². The number of carbonyl (C=O) groups excluding carboxylic acids is 2. The average molecular weight is 505 g/mol. The number of aryl methyl sites for hydroxylation is 1. The van der Waals surface area contributed by atoms with E-state index in [1.807, 2.05) is 24.4 Å². The molecule has 160 valence electrons. The number of thioether (sulfide) groups is 2. The number of nitrogens with one attached hydrogen (secondary N) is 1. The van der Waals surface area contributed by atoms with Crippen molar-refractivity contribution in [3.8, 4) is 0 Å². The lowest BCUT2D eigenvalue weighted by molar-refractivity contribution is -0.160. The SMILES string of the molecule is Cc1nnc(SC[C@@]2(CCl)S[C@@H]3C(NC(=O)Cc4cccs4)C(=O)N3[C@H]2C(=O)O)s1. The highest BCUT2D eigenvalue weighted by atomic mass is 35.5. The Morgan fingerprint density at radius 2 is 2.23 bits per heavy atom. The number of hydrogen-bond acceptors (Lipinski definition) is 9. The summed E-state index contributed by atoms with van der Waals surface area (Å²) >= 11 is 11.9. The van der Waals surface area contributed by atoms with Gasteiger partial charge in [-0.1, -0.05) is 29.2 Å². The van der Waals surface area contributed by atoms with Gasteiger partial charge in [0.15, 0.2) is 4.34 Å². The third-order valence-corrected chi connectivity index (χ3v) is 10.5. The molecule has 2 aliphatic heterocycles. The lowest BCUT2D eigenvalue weighted by atomic mass is 9.95. The van der Waals surface area contributed by atoms with Crippen molar-refractivity contribution in [2.45, 2.75) is 39.9 Å². The van der Waals surface area contributed by atoms with Gasteiger partial charge in [-0.15, -0.1) is 44.9 Å². The van der Waals surface area contributed by atoms with Crippen LogP contribution in [0.5, 0.6) is 0 Å². The normalized spacial score (nSPS) is 27.6. The first-order chi connectivity index (χ1) is 14.3. The summed E-state index contributed by atoms with van der Waals surface area (Å²) in [6.45, 7) is 1.84. The van der Waals surface area contributed by atoms with E-state index in [0.29, 0.717) is 5.75 Å². The fourth-order valence-corrected chi connectivity index (χ4v) is 8.65. The number of nitrogens with zero attached hydrogens (tertiary/aromatic N) is 3. The van der Waals surface area contributed by atoms with Gasteiger partial charge in [0.2, 0.25) is 11.8 Å². The quantitative estimate of drug-likeness (QED) is 0.319. The highest BCUT2D eigenvalue weighted by Crippen LogP contribution is 2.53. The Labute approximate surface area is 193 Å². The maximum Gasteiger partial charge on any atom is 0.328 e. The zero-order valence-electron chi connectivity index (χ0n) is 15.6. The lowest BCUT2D eigenvalue weighted by Crippen LogP contribution is -2.71. The topological polar surface area (TPSA) is 112 Å². The van der Waals surface area contributed by atoms with Crippen LogP contribution >= 0.6 is 57.8 Å². The number of aliphatic carboxylic acids is 1. The number of amides is 2. The number of carbonyl (C=O) groups is 3. The maximum absolute atomic E-state index is 12.7. The first kappa shape index (κ1) is 21.9. The number of thiophene rings is 1. The van der Waals surface area contributed by atoms with Gasteiger partial charge in [-0.3, -0.25) is 9.59 Å². The molecule has 0 saturated carbocycles. The van der Waals surface area contributed by atoms with Crippen LogP contribution in [0.25, 0.3) is 0 Å². The Hall–Kier alpha value is -1.34. The molecular weight excluding hydrogens is 488 g/mol. The monoisotopic (exact) mass is 504 g/mol. The summed E-state index contributed by atoms with van der Waals surface area (Å²) in [5, 5.41) is 22.9. The molecule has 0 aromatic carbocycles. The fourth-order valence-electron chi connectivity index (χ4n) is 3.49. The van der Waals surface area contributed by atoms with Gasteiger partial charge in [-0.2, -0.15) is 0 Å². The number of alkyl halides is 1. The summed E-state index contributed by atoms with van der Waals surface area (Å²) in [5.41, 5.74) is 0. The lowest BCUT2D eigenvalue weighted by Gasteiger charge is -2.43. The maximum atomic E-state index is 12.7. The summed E-state index contributed by atoms with van der Waals surface area (Å²) < 4.78 is -0.173. The molecule has 4 heterocycles. The largest absolute Gasteiger partial charge is 0.480 e. The molecule has 2 fully saturated rings. The fraction of sp³-hybridized carbons (Fsp3) is 0.471. The van der Waals surface area contributed by atoms with Gasteiger partial charge in [-0.25, -0.2) is 4.79 Å². The van der Waals surface area contributed by atoms with E-state index in [4.69, 9.17) is 11.6 Å². The molecule has 2 saturated heterocycles. The van der Waals surface area contributed by atoms with Gasteiger partial charge in [-0.05, 0) is 18.4 Å². The Kier molecular flexibility index (Phi) is 6.31. The molecule has 4 atom stereocenters. The minimum Gasteiger partial charge on any atom is -0.480 e. The van der Waals surface area contributed by atoms with Gasteiger partial charge < -0.3 is 15.3 Å². The number of halogens is 1. The highest BCUT2D eigenvalue weighted by Gasteiger charge is 2.67. The Bertz CT molecular complexity index is 971. The molecule has 13 heteroatoms. The van der Waals surface area contributed by atoms with Gasteiger partial charge in [0, 0.05) is 16.5 Å². The molecule has 1 unspecified atom stereocenters. The van der Waals surface area contributed by atoms with Crippen LogP contribution in [0.2, 0.25) is 0 Å². The Balaban J connectivity index is 1.48. The molecule has 0 radical (unpaired) electrons. The van der Waals surface area contributed by atoms with Crippen LogP contribution in [0.15, 0.2) is 21.9 Å². The van der Waals surface area contributed by atoms with Crippen molar-refractivity contribution in [3.63, 3.8) is 0 Å². The van der Waals surface area contributed by atoms with Gasteiger partial charge >= 0.3 is 5.97 Å². The van der Waals surface area contributed by atoms with Crippen molar-refractivity contribution < 1.29 is 19.5 Å². The number of hydrogen-bond donors (Lipinski definition) is 2. The smallest absolute Gasteiger partial charge is 0.328 e. The van der Waals surface area contributed by atoms with Crippen LogP contribution in [0.3, 0.4) is 0 Å². The molecule has 2 amide bonds. The van der Waals surface area contributed by atoms with Crippen molar-refractivity contribution in [1.29, 1.82) is 0 Å². The van der Waals surface area contributed by atoms with Crippen molar-refractivity contribution in [2.24, 2.45) is 0 Å². The Morgan fingerprint density at radius 1 is 1.43 bits per heavy atom. The van der Waals surface area contributed by atoms with Crippen molar-refractivity contribution >= 4 is 75.6 Å². The number of carboxylic acids is 1. The number of carboxylic acid groups (broad SMARTS) is 1. The third kappa shape index (κ3) is 3.95. The second-order valence-electron chi connectivity index (χ2n) is 6.87. The summed E-state index contributed by atoms with van der Waals surface area (Å²) in [4.78, 5) is 39.4. The predicted octanol–water partition coefficient (Wildman–Crippen LogP) is 2.07. The second-order valence-corrected chi connectivity index (χ2v) is 12.1. The molecule has 2 aromatic rings. The summed E-state index contributed by atoms with van der Waals surface area (Å²) in [7, 11) is 0. The van der Waals surface area contributed by atoms with Crippen molar-refractivity contribution in [2.75, 3.05) is 11.6 Å². The van der Waals surface area contributed by atoms with Crippen molar-refractivity contribution in [1.82, 2.24) is 20.4 Å². The molecule has 2 aliphatic rings. The molecule has 0 aliphatic carbocycles. The molecule has 2 aromatic heterocycles. The van der Waals surface area contributed by atoms with E-state index in [1.165, 1.54) is 51.1 Å². The van der Waals surface area contributed by atoms with Crippen LogP contribution in [0, 0.1) is 6.92 Å². The predicted molar refractivity (Wildman–Crippen MR) is 118 cm³/mol. The standard InChI is InChI=1S/C17H17ClN4O4S4/c1-8-20-21-16(29-8)28-7-17(6-18)12(15(25)26)22-13(24)11(14(22)30-17)19-10(23)5-9-3-2-4-27-9/h2-4,11-12,14H,5-7H2,1H3,(H,19,23)(H,25,26)/t11?,12-,14+,17+/m0/s1. The molecule has 2 N–H and O–H groups in total. The number of fused-ring (bicyclic) bond motifs is 1. The van der Waals surface area contributed by atoms with E-state index in [1.54, 1.807) is 0 Å². The van der Waals surface area contributed by atoms with Crippen LogP contribution in [-0.2, 0) is 20.8 Å². The first-order valence-electron chi connectivity index (χ1n) is 8.88. The summed E-state index contributed by atoms with van der Waals surface area (Å²) in [6.07, 6.45) is 0.189. The molecular formula is C17H17ClN4O4S4. The third-order valence-electron chi connectivity index (χ3n) is 4.85. The molecule has 8 nitrogen and oxygen atoms in total. The number of β-lactam (4-membered cyclic amide) rings is 1. The minimum atomic E-state index is -1.10. The molecule has 30 heavy (non-hydrogen) atoms. The summed E-state index contributed by atoms with van der Waals surface area (Å²) in [5.74, 6) is -1.33. The van der Waals surface area contributed by atoms with Crippen LogP contribution < -0.4 is 5.32 Å². The van der Waals surface area contributed by atoms with Gasteiger partial charge in [0.25, 0.3) is 0 Å².